The van der Waals surface area contributed by atoms with Gasteiger partial charge in [-0.15, -0.1) is 0 Å². The Morgan fingerprint density at radius 1 is 0.604 bits per heavy atom. The van der Waals surface area contributed by atoms with Crippen LogP contribution in [0.4, 0.5) is 0 Å². The minimum Gasteiger partial charge on any atom is -0.481 e. The molecule has 0 aliphatic rings. The number of unbranched alkanes of at least 4 members (excludes halogenated alkanes) is 26. The lowest BCUT2D eigenvalue weighted by molar-refractivity contribution is -0.147. The Bertz CT molecular complexity index is 1090. The lowest BCUT2D eigenvalue weighted by Crippen LogP contribution is -2.40. The molecule has 0 heterocycles. The normalized spacial score (nSPS) is 12.5. The van der Waals surface area contributed by atoms with Crippen LogP contribution in [0.5, 0.6) is 0 Å². The quantitative estimate of drug-likeness (QED) is 0.0352. The molecule has 310 valence electrons. The van der Waals surface area contributed by atoms with E-state index in [0.717, 1.165) is 31.2 Å². The number of rotatable bonds is 35. The van der Waals surface area contributed by atoms with Crippen molar-refractivity contribution in [3.63, 3.8) is 0 Å². The van der Waals surface area contributed by atoms with Crippen LogP contribution in [0.3, 0.4) is 0 Å². The second-order valence-electron chi connectivity index (χ2n) is 15.3. The zero-order valence-electron chi connectivity index (χ0n) is 34.3. The summed E-state index contributed by atoms with van der Waals surface area (Å²) >= 11 is 0. The molecular weight excluding hydrogens is 687 g/mol. The monoisotopic (exact) mass is 768 g/mol. The molecule has 9 heteroatoms. The Labute approximate surface area is 326 Å². The number of aryl methyl sites for hydroxylation is 1. The third kappa shape index (κ3) is 33.1. The van der Waals surface area contributed by atoms with E-state index in [0.29, 0.717) is 13.0 Å². The Morgan fingerprint density at radius 3 is 1.28 bits per heavy atom. The molecule has 8 nitrogen and oxygen atoms in total. The van der Waals surface area contributed by atoms with Crippen molar-refractivity contribution >= 4 is 22.1 Å². The number of carbonyl (C=O) groups excluding carboxylic acids is 1. The lowest BCUT2D eigenvalue weighted by atomic mass is 9.90. The number of hydrogen-bond donors (Lipinski definition) is 3. The summed E-state index contributed by atoms with van der Waals surface area (Å²) in [7, 11) is -4.02. The van der Waals surface area contributed by atoms with Crippen molar-refractivity contribution in [1.82, 2.24) is 0 Å². The average molecular weight is 768 g/mol. The molecule has 0 fully saturated rings. The number of ether oxygens (including phenoxy) is 1. The highest BCUT2D eigenvalue weighted by molar-refractivity contribution is 7.85. The number of aliphatic carboxylic acids is 1. The van der Waals surface area contributed by atoms with Gasteiger partial charge < -0.3 is 15.6 Å². The fourth-order valence-electron chi connectivity index (χ4n) is 6.70. The van der Waals surface area contributed by atoms with Crippen LogP contribution < -0.4 is 5.73 Å². The summed E-state index contributed by atoms with van der Waals surface area (Å²) in [6.45, 7) is 6.77. The van der Waals surface area contributed by atoms with E-state index in [4.69, 9.17) is 15.0 Å². The van der Waals surface area contributed by atoms with Crippen molar-refractivity contribution in [3.8, 4) is 0 Å². The van der Waals surface area contributed by atoms with Crippen LogP contribution in [0.25, 0.3) is 0 Å². The third-order valence-corrected chi connectivity index (χ3v) is 11.1. The molecule has 1 rings (SSSR count). The highest BCUT2D eigenvalue weighted by Gasteiger charge is 2.27. The molecule has 2 atom stereocenters. The minimum atomic E-state index is -4.02. The van der Waals surface area contributed by atoms with Crippen molar-refractivity contribution in [2.45, 2.75) is 224 Å². The van der Waals surface area contributed by atoms with Gasteiger partial charge in [0, 0.05) is 0 Å². The van der Waals surface area contributed by atoms with E-state index in [-0.39, 0.29) is 17.2 Å². The molecular formula is C44H81NO7S. The van der Waals surface area contributed by atoms with Gasteiger partial charge in [0.1, 0.15) is 6.04 Å². The predicted octanol–water partition coefficient (Wildman–Crippen LogP) is 12.5. The zero-order chi connectivity index (χ0) is 39.4. The topological polar surface area (TPSA) is 144 Å². The van der Waals surface area contributed by atoms with E-state index in [1.165, 1.54) is 166 Å². The summed E-state index contributed by atoms with van der Waals surface area (Å²) in [6.07, 6.45) is 36.7. The SMILES string of the molecule is CCCCCCCCCCCCCCCCOC(=O)[C@@H](N)C(CCCCCCCCCCCCCCCC)CC(=O)O.Cc1ccc(S(=O)(=O)O)cc1. The fourth-order valence-corrected chi connectivity index (χ4v) is 7.18. The fraction of sp³-hybridized carbons (Fsp3) is 0.818. The van der Waals surface area contributed by atoms with Gasteiger partial charge in [-0.2, -0.15) is 8.42 Å². The maximum absolute atomic E-state index is 12.5. The number of nitrogens with two attached hydrogens (primary N) is 1. The summed E-state index contributed by atoms with van der Waals surface area (Å²) in [5.74, 6) is -1.66. The van der Waals surface area contributed by atoms with Gasteiger partial charge >= 0.3 is 11.9 Å². The van der Waals surface area contributed by atoms with Gasteiger partial charge in [0.2, 0.25) is 0 Å². The van der Waals surface area contributed by atoms with E-state index in [1.807, 2.05) is 6.92 Å². The van der Waals surface area contributed by atoms with Gasteiger partial charge in [-0.05, 0) is 37.8 Å². The minimum absolute atomic E-state index is 0.0619. The van der Waals surface area contributed by atoms with E-state index in [1.54, 1.807) is 12.1 Å². The molecule has 0 saturated carbocycles. The molecule has 1 aromatic carbocycles. The second kappa shape index (κ2) is 35.7. The average Bonchev–Trinajstić information content (AvgIpc) is 3.12. The van der Waals surface area contributed by atoms with E-state index in [2.05, 4.69) is 13.8 Å². The highest BCUT2D eigenvalue weighted by Crippen LogP contribution is 2.20. The van der Waals surface area contributed by atoms with Crippen molar-refractivity contribution in [1.29, 1.82) is 0 Å². The molecule has 1 unspecified atom stereocenters. The number of hydrogen-bond acceptors (Lipinski definition) is 6. The largest absolute Gasteiger partial charge is 0.481 e. The van der Waals surface area contributed by atoms with Crippen molar-refractivity contribution in [2.24, 2.45) is 11.7 Å². The molecule has 0 aliphatic carbocycles. The molecule has 0 spiro atoms. The number of carboxylic acid groups (broad SMARTS) is 1. The van der Waals surface area contributed by atoms with Crippen molar-refractivity contribution in [3.05, 3.63) is 29.8 Å². The van der Waals surface area contributed by atoms with Gasteiger partial charge in [0.05, 0.1) is 17.9 Å². The van der Waals surface area contributed by atoms with Gasteiger partial charge in [-0.1, -0.05) is 205 Å². The third-order valence-electron chi connectivity index (χ3n) is 10.2. The first kappa shape index (κ1) is 51.0. The molecule has 4 N–H and O–H groups in total. The van der Waals surface area contributed by atoms with E-state index >= 15 is 0 Å². The first-order valence-corrected chi connectivity index (χ1v) is 23.1. The number of carbonyl (C=O) groups is 2. The van der Waals surface area contributed by atoms with Gasteiger partial charge in [-0.3, -0.25) is 14.1 Å². The first-order chi connectivity index (χ1) is 25.5. The van der Waals surface area contributed by atoms with E-state index in [9.17, 15) is 23.1 Å². The Balaban J connectivity index is 0.00000207. The number of carboxylic acids is 1. The Morgan fingerprint density at radius 2 is 0.943 bits per heavy atom. The maximum atomic E-state index is 12.5. The van der Waals surface area contributed by atoms with E-state index < -0.39 is 28.1 Å². The summed E-state index contributed by atoms with van der Waals surface area (Å²) in [4.78, 5) is 23.8. The lowest BCUT2D eigenvalue weighted by Gasteiger charge is -2.21. The van der Waals surface area contributed by atoms with Crippen molar-refractivity contribution in [2.75, 3.05) is 6.61 Å². The highest BCUT2D eigenvalue weighted by atomic mass is 32.2. The van der Waals surface area contributed by atoms with Crippen LogP contribution in [0.15, 0.2) is 29.2 Å². The molecule has 0 aromatic heterocycles. The number of benzene rings is 1. The molecule has 0 radical (unpaired) electrons. The first-order valence-electron chi connectivity index (χ1n) is 21.7. The van der Waals surface area contributed by atoms with Crippen LogP contribution in [-0.2, 0) is 24.4 Å². The van der Waals surface area contributed by atoms with Crippen LogP contribution in [-0.4, -0.2) is 42.7 Å². The molecule has 0 amide bonds. The standard InChI is InChI=1S/C37H73NO4.C7H8O3S/c1-3-5-7-9-11-13-15-17-19-21-23-25-27-29-31-34(33-35(39)40)36(38)37(41)42-32-30-28-26-24-22-20-18-16-14-12-10-8-6-4-2;1-6-2-4-7(5-3-6)11(8,9)10/h34,36H,3-33,38H2,1-2H3,(H,39,40);2-5H,1H3,(H,8,9,10)/t34?,36-;/m0./s1. The molecule has 53 heavy (non-hydrogen) atoms. The Kier molecular flexibility index (Phi) is 34.4. The smallest absolute Gasteiger partial charge is 0.323 e. The second-order valence-corrected chi connectivity index (χ2v) is 16.7. The maximum Gasteiger partial charge on any atom is 0.323 e. The Hall–Kier alpha value is -1.97. The van der Waals surface area contributed by atoms with Crippen LogP contribution >= 0.6 is 0 Å². The zero-order valence-corrected chi connectivity index (χ0v) is 35.1. The summed E-state index contributed by atoms with van der Waals surface area (Å²) in [5.41, 5.74) is 7.14. The van der Waals surface area contributed by atoms with Gasteiger partial charge in [0.15, 0.2) is 0 Å². The van der Waals surface area contributed by atoms with Gasteiger partial charge in [-0.25, -0.2) is 0 Å². The summed E-state index contributed by atoms with van der Waals surface area (Å²) < 4.78 is 35.0. The van der Waals surface area contributed by atoms with Gasteiger partial charge in [0.25, 0.3) is 10.1 Å². The number of esters is 1. The van der Waals surface area contributed by atoms with Crippen molar-refractivity contribution < 1.29 is 32.4 Å². The van der Waals surface area contributed by atoms with Crippen LogP contribution in [0, 0.1) is 12.8 Å². The molecule has 0 aliphatic heterocycles. The van der Waals surface area contributed by atoms with Crippen LogP contribution in [0.1, 0.15) is 212 Å². The molecule has 0 bridgehead atoms. The predicted molar refractivity (Wildman–Crippen MR) is 221 cm³/mol. The molecule has 0 saturated heterocycles. The summed E-state index contributed by atoms with van der Waals surface area (Å²) in [5, 5.41) is 9.34. The molecule has 1 aromatic rings. The van der Waals surface area contributed by atoms with Crippen LogP contribution in [0.2, 0.25) is 0 Å². The summed E-state index contributed by atoms with van der Waals surface area (Å²) in [6, 6.07) is 5.15.